The average molecular weight is 1020 g/mol. The Bertz CT molecular complexity index is 2940. The van der Waals surface area contributed by atoms with Gasteiger partial charge in [0.25, 0.3) is 5.69 Å². The lowest BCUT2D eigenvalue weighted by molar-refractivity contribution is -0.383. The predicted octanol–water partition coefficient (Wildman–Crippen LogP) is 11.5. The van der Waals surface area contributed by atoms with Crippen molar-refractivity contribution in [3.05, 3.63) is 160 Å². The number of anilines is 4. The summed E-state index contributed by atoms with van der Waals surface area (Å²) in [6, 6.07) is 38.1. The average Bonchev–Trinajstić information content (AvgIpc) is 3.93. The summed E-state index contributed by atoms with van der Waals surface area (Å²) in [6.45, 7) is 11.3. The highest BCUT2D eigenvalue weighted by molar-refractivity contribution is 7.99. The first-order valence-electron chi connectivity index (χ1n) is 24.1. The van der Waals surface area contributed by atoms with Crippen LogP contribution < -0.4 is 25.1 Å². The number of rotatable bonds is 17. The molecule has 9 rings (SSSR count). The summed E-state index contributed by atoms with van der Waals surface area (Å²) >= 11 is 7.97. The molecular weight excluding hydrogens is 957 g/mol. The van der Waals surface area contributed by atoms with Crippen LogP contribution in [0.4, 0.5) is 28.4 Å². The highest BCUT2D eigenvalue weighted by Crippen LogP contribution is 2.56. The van der Waals surface area contributed by atoms with Gasteiger partial charge in [0.05, 0.1) is 33.3 Å². The normalized spacial score (nSPS) is 18.0. The maximum atomic E-state index is 14.8. The zero-order chi connectivity index (χ0) is 49.8. The summed E-state index contributed by atoms with van der Waals surface area (Å²) in [5.74, 6) is -0.295. The lowest BCUT2D eigenvalue weighted by atomic mass is 9.96. The number of carbonyl (C=O) groups is 1. The number of carboxylic acids is 1. The van der Waals surface area contributed by atoms with E-state index in [1.165, 1.54) is 12.3 Å². The molecule has 3 N–H and O–H groups in total. The molecule has 4 heterocycles. The minimum Gasteiger partial charge on any atom is -0.478 e. The highest BCUT2D eigenvalue weighted by atomic mass is 35.5. The van der Waals surface area contributed by atoms with Crippen molar-refractivity contribution in [3.63, 3.8) is 0 Å². The maximum absolute atomic E-state index is 14.8. The number of hydrogen-bond donors (Lipinski definition) is 3. The van der Waals surface area contributed by atoms with Crippen molar-refractivity contribution in [2.75, 3.05) is 71.4 Å². The number of halogens is 1. The Morgan fingerprint density at radius 2 is 1.54 bits per heavy atom. The molecular formula is C54H59ClN7O7PS. The van der Waals surface area contributed by atoms with E-state index in [0.717, 1.165) is 98.2 Å². The maximum Gasteiger partial charge on any atom is 0.378 e. The SMILES string of the molecule is Cc1c(C(=O)O)c(-c2cccc(N3CCN(c4ccc(N5C=CO[P@]5(=O)c5ccc(NC(CCN6CCC(O)CC6)CSc6ccccc6)c([N+](=O)[O-])c5)cc4)CC3)c2)c(-c2ccc(Cl)cc2)n1C(C)C. The van der Waals surface area contributed by atoms with Gasteiger partial charge in [-0.05, 0) is 124 Å². The lowest BCUT2D eigenvalue weighted by Gasteiger charge is -2.37. The van der Waals surface area contributed by atoms with Crippen molar-refractivity contribution in [2.24, 2.45) is 0 Å². The topological polar surface area (TPSA) is 157 Å². The smallest absolute Gasteiger partial charge is 0.378 e. The molecule has 370 valence electrons. The number of nitrogens with zero attached hydrogens (tertiary/aromatic N) is 6. The molecule has 0 radical (unpaired) electrons. The van der Waals surface area contributed by atoms with Gasteiger partial charge in [-0.25, -0.2) is 9.36 Å². The van der Waals surface area contributed by atoms with Crippen LogP contribution in [0.15, 0.2) is 139 Å². The number of carboxylic acid groups (broad SMARTS) is 1. The Morgan fingerprint density at radius 1 is 0.859 bits per heavy atom. The van der Waals surface area contributed by atoms with Crippen molar-refractivity contribution in [1.82, 2.24) is 9.47 Å². The first-order chi connectivity index (χ1) is 34.3. The van der Waals surface area contributed by atoms with E-state index >= 15 is 0 Å². The van der Waals surface area contributed by atoms with Crippen LogP contribution in [0.5, 0.6) is 0 Å². The summed E-state index contributed by atoms with van der Waals surface area (Å²) in [6.07, 6.45) is 4.93. The lowest BCUT2D eigenvalue weighted by Crippen LogP contribution is -2.46. The number of thioether (sulfide) groups is 1. The first-order valence-corrected chi connectivity index (χ1v) is 27.0. The highest BCUT2D eigenvalue weighted by Gasteiger charge is 2.39. The van der Waals surface area contributed by atoms with Gasteiger partial charge in [-0.15, -0.1) is 11.8 Å². The van der Waals surface area contributed by atoms with Crippen molar-refractivity contribution >= 4 is 70.6 Å². The number of nitro groups is 1. The summed E-state index contributed by atoms with van der Waals surface area (Å²) < 4.78 is 24.3. The second-order valence-corrected chi connectivity index (χ2v) is 22.3. The van der Waals surface area contributed by atoms with Crippen molar-refractivity contribution in [2.45, 2.75) is 63.1 Å². The van der Waals surface area contributed by atoms with Gasteiger partial charge >= 0.3 is 13.5 Å². The fraction of sp³-hybridized carbons (Fsp3) is 0.315. The third-order valence-electron chi connectivity index (χ3n) is 13.7. The van der Waals surface area contributed by atoms with Crippen LogP contribution >= 0.6 is 30.9 Å². The fourth-order valence-corrected chi connectivity index (χ4v) is 13.0. The number of hydrogen-bond acceptors (Lipinski definition) is 11. The summed E-state index contributed by atoms with van der Waals surface area (Å²) in [5, 5.41) is 37.6. The molecule has 0 aliphatic carbocycles. The Balaban J connectivity index is 0.886. The van der Waals surface area contributed by atoms with E-state index in [1.807, 2.05) is 85.8 Å². The number of piperidine rings is 1. The summed E-state index contributed by atoms with van der Waals surface area (Å²) in [7, 11) is -3.82. The molecule has 17 heteroatoms. The molecule has 2 fully saturated rings. The van der Waals surface area contributed by atoms with Crippen molar-refractivity contribution < 1.29 is 29.0 Å². The van der Waals surface area contributed by atoms with E-state index in [4.69, 9.17) is 16.1 Å². The second-order valence-electron chi connectivity index (χ2n) is 18.5. The van der Waals surface area contributed by atoms with Gasteiger partial charge in [-0.1, -0.05) is 54.1 Å². The Hall–Kier alpha value is -6.22. The van der Waals surface area contributed by atoms with Crippen LogP contribution in [0.2, 0.25) is 5.02 Å². The molecule has 0 bridgehead atoms. The van der Waals surface area contributed by atoms with Gasteiger partial charge < -0.3 is 39.3 Å². The standard InChI is InChI=1S/C54H59ClN7O7PS/c1-37(2)61-38(3)51(54(64)65)52(53(61)39-12-14-41(55)15-13-39)40-8-7-9-45(34-40)59-30-28-58(29-31-59)43-16-18-44(19-17-43)60-32-33-69-70(60,68)47-20-21-49(50(35-47)62(66)67)56-42(36-71-48-10-5-4-6-11-48)22-25-57-26-23-46(63)24-27-57/h4-21,32-35,37,42,46,56,63H,22-31,36H2,1-3H3,(H,64,65)/t42?,70-/m1/s1. The zero-order valence-electron chi connectivity index (χ0n) is 40.1. The third-order valence-corrected chi connectivity index (χ3v) is 17.4. The quantitative estimate of drug-likeness (QED) is 0.0344. The molecule has 5 aromatic carbocycles. The zero-order valence-corrected chi connectivity index (χ0v) is 42.5. The van der Waals surface area contributed by atoms with Gasteiger partial charge in [-0.3, -0.25) is 14.8 Å². The van der Waals surface area contributed by atoms with Crippen LogP contribution in [0.25, 0.3) is 22.4 Å². The number of aromatic nitrogens is 1. The molecule has 6 aromatic rings. The number of aromatic carboxylic acids is 1. The Morgan fingerprint density at radius 3 is 2.20 bits per heavy atom. The number of benzene rings is 5. The van der Waals surface area contributed by atoms with Crippen LogP contribution in [0.3, 0.4) is 0 Å². The minimum absolute atomic E-state index is 0.0129. The molecule has 0 amide bonds. The number of aliphatic hydroxyl groups is 1. The third kappa shape index (κ3) is 10.9. The number of nitro benzene ring substituents is 1. The summed E-state index contributed by atoms with van der Waals surface area (Å²) in [5.41, 5.74) is 7.01. The molecule has 3 aliphatic heterocycles. The molecule has 1 aromatic heterocycles. The molecule has 2 atom stereocenters. The number of piperazine rings is 1. The van der Waals surface area contributed by atoms with E-state index in [9.17, 15) is 29.7 Å². The van der Waals surface area contributed by atoms with Gasteiger partial charge in [-0.2, -0.15) is 0 Å². The minimum atomic E-state index is -3.82. The fourth-order valence-electron chi connectivity index (χ4n) is 9.99. The van der Waals surface area contributed by atoms with E-state index < -0.39 is 18.4 Å². The van der Waals surface area contributed by atoms with Crippen LogP contribution in [-0.4, -0.2) is 94.3 Å². The van der Waals surface area contributed by atoms with Crippen molar-refractivity contribution in [1.29, 1.82) is 0 Å². The van der Waals surface area contributed by atoms with Crippen LogP contribution in [0.1, 0.15) is 55.2 Å². The summed E-state index contributed by atoms with van der Waals surface area (Å²) in [4.78, 5) is 33.2. The molecule has 14 nitrogen and oxygen atoms in total. The van der Waals surface area contributed by atoms with Gasteiger partial charge in [0, 0.05) is 108 Å². The Labute approximate surface area is 424 Å². The van der Waals surface area contributed by atoms with Crippen LogP contribution in [-0.2, 0) is 9.09 Å². The molecule has 2 saturated heterocycles. The largest absolute Gasteiger partial charge is 0.478 e. The van der Waals surface area contributed by atoms with Gasteiger partial charge in [0.1, 0.15) is 11.9 Å². The first kappa shape index (κ1) is 49.7. The monoisotopic (exact) mass is 1020 g/mol. The second kappa shape index (κ2) is 21.6. The molecule has 71 heavy (non-hydrogen) atoms. The number of aliphatic hydroxyl groups excluding tert-OH is 1. The van der Waals surface area contributed by atoms with Gasteiger partial charge in [0.2, 0.25) is 0 Å². The van der Waals surface area contributed by atoms with Crippen molar-refractivity contribution in [3.8, 4) is 22.4 Å². The predicted molar refractivity (Wildman–Crippen MR) is 287 cm³/mol. The molecule has 3 aliphatic rings. The number of likely N-dealkylation sites (tertiary alicyclic amines) is 1. The van der Waals surface area contributed by atoms with Crippen LogP contribution in [0, 0.1) is 17.0 Å². The Kier molecular flexibility index (Phi) is 15.2. The molecule has 1 unspecified atom stereocenters. The molecule has 0 spiro atoms. The number of nitrogens with one attached hydrogen (secondary N) is 1. The van der Waals surface area contributed by atoms with E-state index in [2.05, 4.69) is 62.7 Å². The molecule has 0 saturated carbocycles. The van der Waals surface area contributed by atoms with Gasteiger partial charge in [0.15, 0.2) is 0 Å². The van der Waals surface area contributed by atoms with E-state index in [0.29, 0.717) is 33.4 Å². The van der Waals surface area contributed by atoms with E-state index in [-0.39, 0.29) is 34.7 Å². The van der Waals surface area contributed by atoms with E-state index in [1.54, 1.807) is 34.8 Å².